The van der Waals surface area contributed by atoms with Gasteiger partial charge in [0, 0.05) is 147 Å². The summed E-state index contributed by atoms with van der Waals surface area (Å²) in [7, 11) is 10.6. The molecule has 0 fully saturated rings. The van der Waals surface area contributed by atoms with Crippen molar-refractivity contribution in [1.29, 1.82) is 0 Å². The van der Waals surface area contributed by atoms with Crippen molar-refractivity contribution in [1.82, 2.24) is 0 Å². The van der Waals surface area contributed by atoms with E-state index in [2.05, 4.69) is 55.5 Å². The standard InChI is InChI=1S/C18H28O8.C16H26O6.C15H24O6.C13H22O4.C12H18O6.C10H16O4.C9H14O4.8CH4/c1-5-9-15(13(2)19)26-18(22)14(3)25-17(21)12-24-16(20)10-7-6-8-11-23-4;1-5-9-14(12(2)17)22-16(19)13(3)21-15(18)10-7-6-8-11-20-4;1-4-8-13(12(2)16)21-15(18)11-20-14(17)9-6-5-7-10-19-3;1-4-8-12(11(2)14)17-13(15)9-6-5-7-10-16-3;1-5-6-10(8(2)13)18-12(15)9(3)17-11(14)7-16-4;1-5-6-9(7(2)11)14-10(12)8(3)13-4;1-4-5-8(7(2)10)13-9(11)6-12-3;;;;;;;;/h5,14-15H,1,6-12H2,2-4H3;5,13-14H,1,6-11H2,2-4H3;4,13H,1,5-11H2,2-3H3;4,12H,1,5-10H2,2-3H3;5,9-10H,1,6-7H2,2-4H3;5,8-9H,1,6H2,2-4H3;4,8H,1,5-6H2,2-3H3;8*1H4. The lowest BCUT2D eigenvalue weighted by atomic mass is 10.1. The molecule has 0 aliphatic rings. The van der Waals surface area contributed by atoms with E-state index in [1.165, 1.54) is 127 Å². The lowest BCUT2D eigenvalue weighted by molar-refractivity contribution is -0.175. The fourth-order valence-electron chi connectivity index (χ4n) is 9.07. The van der Waals surface area contributed by atoms with Crippen LogP contribution in [0.3, 0.4) is 0 Å². The maximum atomic E-state index is 11.8. The Balaban J connectivity index is -0.0000000993. The molecule has 11 atom stereocenters. The van der Waals surface area contributed by atoms with Crippen LogP contribution in [-0.2, 0) is 181 Å². The summed E-state index contributed by atoms with van der Waals surface area (Å²) in [4.78, 5) is 215. The molecule has 0 radical (unpaired) electrons. The Morgan fingerprint density at radius 2 is 0.381 bits per heavy atom. The number of hydrogen-bond acceptors (Lipinski definition) is 38. The van der Waals surface area contributed by atoms with Crippen molar-refractivity contribution in [2.45, 2.75) is 350 Å². The number of unbranched alkanes of at least 4 members (excludes halogenated alkanes) is 8. The summed E-state index contributed by atoms with van der Waals surface area (Å²) >= 11 is 0. The van der Waals surface area contributed by atoms with Gasteiger partial charge in [-0.05, 0) is 128 Å². The van der Waals surface area contributed by atoms with Gasteiger partial charge in [-0.25, -0.2) is 38.4 Å². The highest BCUT2D eigenvalue weighted by atomic mass is 16.6. The molecule has 0 rings (SSSR count). The van der Waals surface area contributed by atoms with E-state index in [0.717, 1.165) is 57.8 Å². The molecule has 139 heavy (non-hydrogen) atoms. The lowest BCUT2D eigenvalue weighted by Gasteiger charge is -2.17. The molecule has 0 aromatic rings. The van der Waals surface area contributed by atoms with Gasteiger partial charge in [0.2, 0.25) is 0 Å². The largest absolute Gasteiger partial charge is 0.454 e. The van der Waals surface area contributed by atoms with E-state index < -0.39 is 146 Å². The molecule has 0 saturated heterocycles. The molecule has 0 N–H and O–H groups in total. The topological polar surface area (TPSA) is 500 Å². The summed E-state index contributed by atoms with van der Waals surface area (Å²) in [5.41, 5.74) is 0. The van der Waals surface area contributed by atoms with Gasteiger partial charge in [0.1, 0.15) is 13.2 Å². The number of carbonyl (C=O) groups excluding carboxylic acids is 19. The zero-order valence-electron chi connectivity index (χ0n) is 80.3. The number of Topliss-reactive ketones (excluding diaryl/α,β-unsaturated/α-hetero) is 7. The van der Waals surface area contributed by atoms with Crippen LogP contribution >= 0.6 is 0 Å². The summed E-state index contributed by atoms with van der Waals surface area (Å²) in [5, 5.41) is 0. The third-order valence-corrected chi connectivity index (χ3v) is 16.4. The third kappa shape index (κ3) is 101. The number of methoxy groups -OCH3 is 7. The van der Waals surface area contributed by atoms with Crippen molar-refractivity contribution in [2.75, 3.05) is 103 Å². The second-order valence-electron chi connectivity index (χ2n) is 28.3. The Morgan fingerprint density at radius 1 is 0.209 bits per heavy atom. The van der Waals surface area contributed by atoms with Gasteiger partial charge in [-0.15, -0.1) is 46.1 Å². The Morgan fingerprint density at radius 3 is 0.583 bits per heavy atom. The smallest absolute Gasteiger partial charge is 0.347 e. The highest BCUT2D eigenvalue weighted by Gasteiger charge is 2.30. The van der Waals surface area contributed by atoms with Crippen LogP contribution in [0.25, 0.3) is 0 Å². The Bertz CT molecular complexity index is 3410. The van der Waals surface area contributed by atoms with Crippen molar-refractivity contribution >= 4 is 112 Å². The summed E-state index contributed by atoms with van der Waals surface area (Å²) in [5.74, 6) is -9.14. The molecule has 0 heterocycles. The van der Waals surface area contributed by atoms with Crippen molar-refractivity contribution in [3.05, 3.63) is 88.6 Å². The molecule has 0 bridgehead atoms. The SMILES string of the molecule is C.C.C.C.C.C.C.C.C=CCC(OC(=O)C(C)OC(=O)CCCCCOC)C(C)=O.C=CCC(OC(=O)C(C)OC(=O)COC(=O)CCCCCOC)C(C)=O.C=CCC(OC(=O)C(C)OC(=O)COC)C(C)=O.C=CCC(OC(=O)C(C)OC)C(C)=O.C=CCC(OC(=O)CCCCCOC)C(C)=O.C=CCC(OC(=O)COC(=O)CCCCCOC)C(C)=O.C=CCC(OC(=O)COC)C(C)=O. The molecule has 0 aromatic carbocycles. The number of ether oxygens (including phenoxy) is 19. The third-order valence-electron chi connectivity index (χ3n) is 16.4. The quantitative estimate of drug-likeness (QED) is 0.0236. The molecular formula is C101H180O38. The van der Waals surface area contributed by atoms with Crippen LogP contribution in [0, 0.1) is 0 Å². The van der Waals surface area contributed by atoms with E-state index in [0.29, 0.717) is 71.4 Å². The maximum absolute atomic E-state index is 11.8. The fraction of sp³-hybridized carbons (Fsp3) is 0.673. The molecule has 0 amide bonds. The second-order valence-corrected chi connectivity index (χ2v) is 28.3. The van der Waals surface area contributed by atoms with Gasteiger partial charge in [-0.3, -0.25) is 52.7 Å². The van der Waals surface area contributed by atoms with Crippen molar-refractivity contribution < 1.29 is 181 Å². The maximum Gasteiger partial charge on any atom is 0.347 e. The first-order chi connectivity index (χ1) is 61.9. The van der Waals surface area contributed by atoms with Gasteiger partial charge in [-0.2, -0.15) is 0 Å². The molecule has 0 aromatic heterocycles. The van der Waals surface area contributed by atoms with E-state index in [4.69, 9.17) is 80.5 Å². The molecule has 38 nitrogen and oxygen atoms in total. The van der Waals surface area contributed by atoms with Crippen molar-refractivity contribution in [3.63, 3.8) is 0 Å². The number of ketones is 7. The molecule has 0 aliphatic carbocycles. The van der Waals surface area contributed by atoms with E-state index in [1.54, 1.807) is 41.4 Å². The molecule has 38 heteroatoms. The van der Waals surface area contributed by atoms with Crippen LogP contribution in [0.4, 0.5) is 0 Å². The normalized spacial score (nSPS) is 11.9. The van der Waals surface area contributed by atoms with Crippen LogP contribution in [0.15, 0.2) is 88.6 Å². The van der Waals surface area contributed by atoms with Gasteiger partial charge < -0.3 is 90.0 Å². The van der Waals surface area contributed by atoms with Crippen LogP contribution in [-0.4, -0.2) is 282 Å². The van der Waals surface area contributed by atoms with Crippen LogP contribution in [0.2, 0.25) is 0 Å². The molecule has 812 valence electrons. The van der Waals surface area contributed by atoms with E-state index >= 15 is 0 Å². The number of carbonyl (C=O) groups is 19. The molecule has 11 unspecified atom stereocenters. The van der Waals surface area contributed by atoms with Gasteiger partial charge in [0.05, 0.1) is 0 Å². The molecular weight excluding hydrogens is 1820 g/mol. The monoisotopic (exact) mass is 2000 g/mol. The Hall–Kier alpha value is -10.8. The van der Waals surface area contributed by atoms with Gasteiger partial charge in [0.25, 0.3) is 0 Å². The van der Waals surface area contributed by atoms with E-state index in [9.17, 15) is 91.1 Å². The predicted octanol–water partition coefficient (Wildman–Crippen LogP) is 15.6. The zero-order chi connectivity index (χ0) is 102. The first-order valence-corrected chi connectivity index (χ1v) is 42.5. The van der Waals surface area contributed by atoms with Gasteiger partial charge in [-0.1, -0.05) is 128 Å². The average Bonchev–Trinajstić information content (AvgIpc) is 0.908. The van der Waals surface area contributed by atoms with Gasteiger partial charge >= 0.3 is 71.6 Å². The number of rotatable bonds is 68. The molecule has 0 spiro atoms. The van der Waals surface area contributed by atoms with Crippen LogP contribution in [0.1, 0.15) is 283 Å². The summed E-state index contributed by atoms with van der Waals surface area (Å²) in [6, 6.07) is 0. The first-order valence-electron chi connectivity index (χ1n) is 42.5. The first kappa shape index (κ1) is 162. The Kier molecular flexibility index (Phi) is 127. The second kappa shape index (κ2) is 109. The average molecular weight is 2000 g/mol. The number of hydrogen-bond donors (Lipinski definition) is 0. The highest BCUT2D eigenvalue weighted by molar-refractivity contribution is 5.89. The fourth-order valence-corrected chi connectivity index (χ4v) is 9.07. The molecule has 0 aliphatic heterocycles. The van der Waals surface area contributed by atoms with E-state index in [1.807, 2.05) is 0 Å². The summed E-state index contributed by atoms with van der Waals surface area (Å²) in [6.45, 7) is 40.7. The lowest BCUT2D eigenvalue weighted by Crippen LogP contribution is -2.33. The summed E-state index contributed by atoms with van der Waals surface area (Å²) in [6.07, 6.45) is 13.6. The van der Waals surface area contributed by atoms with Crippen LogP contribution in [0.5, 0.6) is 0 Å². The van der Waals surface area contributed by atoms with Crippen molar-refractivity contribution in [2.24, 2.45) is 0 Å². The number of esters is 12. The minimum Gasteiger partial charge on any atom is -0.454 e. The van der Waals surface area contributed by atoms with Gasteiger partial charge in [0.15, 0.2) is 121 Å². The predicted molar refractivity (Wildman–Crippen MR) is 532 cm³/mol. The zero-order valence-corrected chi connectivity index (χ0v) is 80.3. The van der Waals surface area contributed by atoms with E-state index in [-0.39, 0.29) is 164 Å². The highest BCUT2D eigenvalue weighted by Crippen LogP contribution is 2.14. The Labute approximate surface area is 831 Å². The minimum absolute atomic E-state index is 0. The van der Waals surface area contributed by atoms with Crippen molar-refractivity contribution in [3.8, 4) is 0 Å². The molecule has 0 saturated carbocycles. The summed E-state index contributed by atoms with van der Waals surface area (Å²) < 4.78 is 92.2. The van der Waals surface area contributed by atoms with Crippen LogP contribution < -0.4 is 0 Å². The minimum atomic E-state index is -1.22.